The summed E-state index contributed by atoms with van der Waals surface area (Å²) in [5, 5.41) is 2.69. The van der Waals surface area contributed by atoms with Gasteiger partial charge in [-0.3, -0.25) is 14.5 Å². The van der Waals surface area contributed by atoms with Crippen LogP contribution in [0, 0.1) is 0 Å². The van der Waals surface area contributed by atoms with Gasteiger partial charge in [0, 0.05) is 13.5 Å². The largest absolute Gasteiger partial charge is 0.309 e. The van der Waals surface area contributed by atoms with Crippen LogP contribution in [0.5, 0.6) is 0 Å². The number of carbonyl (C=O) groups excluding carboxylic acids is 2. The number of hydrogen-bond donors (Lipinski definition) is 1. The van der Waals surface area contributed by atoms with Crippen molar-refractivity contribution >= 4 is 23.5 Å². The van der Waals surface area contributed by atoms with Crippen molar-refractivity contribution in [3.8, 4) is 0 Å². The van der Waals surface area contributed by atoms with Crippen molar-refractivity contribution in [2.75, 3.05) is 17.3 Å². The summed E-state index contributed by atoms with van der Waals surface area (Å²) in [6.45, 7) is 1.76. The van der Waals surface area contributed by atoms with Crippen molar-refractivity contribution in [3.05, 3.63) is 11.9 Å². The topological polar surface area (TPSA) is 75.2 Å². The third-order valence-electron chi connectivity index (χ3n) is 3.31. The Hall–Kier alpha value is -1.98. The number of hydrogen-bond acceptors (Lipinski definition) is 4. The first-order valence-electron chi connectivity index (χ1n) is 4.97. The molecule has 0 fully saturated rings. The molecule has 16 heavy (non-hydrogen) atoms. The fourth-order valence-electron chi connectivity index (χ4n) is 2.30. The quantitative estimate of drug-likeness (QED) is 0.667. The summed E-state index contributed by atoms with van der Waals surface area (Å²) in [5.41, 5.74) is -0.0719. The van der Waals surface area contributed by atoms with Gasteiger partial charge >= 0.3 is 0 Å². The molecule has 2 aliphatic heterocycles. The summed E-state index contributed by atoms with van der Waals surface area (Å²) >= 11 is 0. The van der Waals surface area contributed by atoms with Crippen molar-refractivity contribution in [3.63, 3.8) is 0 Å². The molecule has 0 spiro atoms. The SMILES string of the molecule is CN1C(=O)CC2(C)C(=O)Nc3ncnc1c32. The van der Waals surface area contributed by atoms with Crippen molar-refractivity contribution in [2.45, 2.75) is 18.8 Å². The maximum Gasteiger partial charge on any atom is 0.236 e. The van der Waals surface area contributed by atoms with Gasteiger partial charge in [0.2, 0.25) is 11.8 Å². The lowest BCUT2D eigenvalue weighted by Gasteiger charge is -2.32. The van der Waals surface area contributed by atoms with Gasteiger partial charge in [-0.25, -0.2) is 9.97 Å². The van der Waals surface area contributed by atoms with Gasteiger partial charge in [0.15, 0.2) is 0 Å². The normalized spacial score (nSPS) is 26.8. The van der Waals surface area contributed by atoms with Crippen LogP contribution in [0.2, 0.25) is 0 Å². The number of nitrogens with zero attached hydrogens (tertiary/aromatic N) is 3. The number of carbonyl (C=O) groups is 2. The fraction of sp³-hybridized carbons (Fsp3) is 0.400. The first kappa shape index (κ1) is 9.26. The highest BCUT2D eigenvalue weighted by Crippen LogP contribution is 2.46. The lowest BCUT2D eigenvalue weighted by molar-refractivity contribution is -0.127. The first-order chi connectivity index (χ1) is 7.54. The monoisotopic (exact) mass is 218 g/mol. The molecule has 3 rings (SSSR count). The number of amides is 2. The van der Waals surface area contributed by atoms with Crippen LogP contribution < -0.4 is 10.2 Å². The van der Waals surface area contributed by atoms with Gasteiger partial charge in [-0.2, -0.15) is 0 Å². The Labute approximate surface area is 91.7 Å². The van der Waals surface area contributed by atoms with Crippen LogP contribution in [0.4, 0.5) is 11.6 Å². The van der Waals surface area contributed by atoms with E-state index in [9.17, 15) is 9.59 Å². The van der Waals surface area contributed by atoms with Crippen LogP contribution >= 0.6 is 0 Å². The highest BCUT2D eigenvalue weighted by molar-refractivity contribution is 6.13. The van der Waals surface area contributed by atoms with Gasteiger partial charge < -0.3 is 5.32 Å². The van der Waals surface area contributed by atoms with Crippen molar-refractivity contribution in [1.29, 1.82) is 0 Å². The molecular formula is C10H10N4O2. The molecule has 0 radical (unpaired) electrons. The van der Waals surface area contributed by atoms with Gasteiger partial charge in [-0.1, -0.05) is 0 Å². The van der Waals surface area contributed by atoms with E-state index < -0.39 is 5.41 Å². The molecule has 0 aliphatic carbocycles. The summed E-state index contributed by atoms with van der Waals surface area (Å²) in [6.07, 6.45) is 1.53. The molecule has 6 heteroatoms. The molecule has 3 heterocycles. The molecular weight excluding hydrogens is 208 g/mol. The minimum atomic E-state index is -0.810. The smallest absolute Gasteiger partial charge is 0.236 e. The molecule has 0 aromatic carbocycles. The Morgan fingerprint density at radius 2 is 2.19 bits per heavy atom. The van der Waals surface area contributed by atoms with E-state index in [-0.39, 0.29) is 18.2 Å². The molecule has 2 amide bonds. The van der Waals surface area contributed by atoms with Crippen LogP contribution in [-0.2, 0) is 15.0 Å². The lowest BCUT2D eigenvalue weighted by Crippen LogP contribution is -2.44. The summed E-state index contributed by atoms with van der Waals surface area (Å²) < 4.78 is 0. The van der Waals surface area contributed by atoms with E-state index >= 15 is 0 Å². The third kappa shape index (κ3) is 0.868. The average Bonchev–Trinajstić information content (AvgIpc) is 2.49. The van der Waals surface area contributed by atoms with Crippen LogP contribution in [0.1, 0.15) is 18.9 Å². The maximum absolute atomic E-state index is 11.9. The average molecular weight is 218 g/mol. The zero-order valence-corrected chi connectivity index (χ0v) is 8.94. The van der Waals surface area contributed by atoms with Gasteiger partial charge in [0.05, 0.1) is 11.0 Å². The Morgan fingerprint density at radius 3 is 2.94 bits per heavy atom. The summed E-state index contributed by atoms with van der Waals surface area (Å²) in [7, 11) is 1.66. The van der Waals surface area contributed by atoms with Crippen molar-refractivity contribution in [2.24, 2.45) is 0 Å². The van der Waals surface area contributed by atoms with Crippen LogP contribution in [0.25, 0.3) is 0 Å². The Balaban J connectivity index is 2.35. The minimum absolute atomic E-state index is 0.100. The van der Waals surface area contributed by atoms with Gasteiger partial charge in [0.25, 0.3) is 0 Å². The molecule has 2 aliphatic rings. The van der Waals surface area contributed by atoms with E-state index in [4.69, 9.17) is 0 Å². The second-order valence-corrected chi connectivity index (χ2v) is 4.34. The summed E-state index contributed by atoms with van der Waals surface area (Å²) in [5.74, 6) is 0.779. The van der Waals surface area contributed by atoms with Crippen LogP contribution in [0.15, 0.2) is 6.33 Å². The third-order valence-corrected chi connectivity index (χ3v) is 3.31. The van der Waals surface area contributed by atoms with E-state index in [0.717, 1.165) is 5.56 Å². The van der Waals surface area contributed by atoms with Crippen molar-refractivity contribution in [1.82, 2.24) is 9.97 Å². The molecule has 0 saturated heterocycles. The summed E-state index contributed by atoms with van der Waals surface area (Å²) in [6, 6.07) is 0. The predicted molar refractivity (Wildman–Crippen MR) is 56.0 cm³/mol. The molecule has 0 bridgehead atoms. The first-order valence-corrected chi connectivity index (χ1v) is 4.97. The highest BCUT2D eigenvalue weighted by Gasteiger charge is 2.51. The molecule has 6 nitrogen and oxygen atoms in total. The zero-order valence-electron chi connectivity index (χ0n) is 8.94. The second-order valence-electron chi connectivity index (χ2n) is 4.34. The molecule has 1 atom stereocenters. The van der Waals surface area contributed by atoms with Crippen molar-refractivity contribution < 1.29 is 9.59 Å². The van der Waals surface area contributed by atoms with E-state index in [1.807, 2.05) is 0 Å². The molecule has 82 valence electrons. The van der Waals surface area contributed by atoms with Gasteiger partial charge in [-0.15, -0.1) is 0 Å². The zero-order chi connectivity index (χ0) is 11.5. The molecule has 0 saturated carbocycles. The number of aromatic nitrogens is 2. The second kappa shape index (κ2) is 2.58. The minimum Gasteiger partial charge on any atom is -0.309 e. The van der Waals surface area contributed by atoms with E-state index in [2.05, 4.69) is 15.3 Å². The highest BCUT2D eigenvalue weighted by atomic mass is 16.2. The molecule has 1 aromatic rings. The number of rotatable bonds is 0. The van der Waals surface area contributed by atoms with E-state index in [1.54, 1.807) is 14.0 Å². The van der Waals surface area contributed by atoms with Gasteiger partial charge in [-0.05, 0) is 6.92 Å². The Morgan fingerprint density at radius 1 is 1.44 bits per heavy atom. The number of nitrogens with one attached hydrogen (secondary N) is 1. The lowest BCUT2D eigenvalue weighted by atomic mass is 9.78. The van der Waals surface area contributed by atoms with E-state index in [1.165, 1.54) is 11.2 Å². The van der Waals surface area contributed by atoms with Crippen LogP contribution in [0.3, 0.4) is 0 Å². The molecule has 1 aromatic heterocycles. The summed E-state index contributed by atoms with van der Waals surface area (Å²) in [4.78, 5) is 33.2. The predicted octanol–water partition coefficient (Wildman–Crippen LogP) is 0.0529. The van der Waals surface area contributed by atoms with Gasteiger partial charge in [0.1, 0.15) is 18.0 Å². The standard InChI is InChI=1S/C10H10N4O2/c1-10-3-5(15)14(2)8-6(10)7(11-4-12-8)13-9(10)16/h4H,3H2,1-2H3,(H,11,12,13,16). The Bertz CT molecular complexity index is 528. The maximum atomic E-state index is 11.9. The fourth-order valence-corrected chi connectivity index (χ4v) is 2.30. The van der Waals surface area contributed by atoms with E-state index in [0.29, 0.717) is 11.6 Å². The molecule has 1 N–H and O–H groups in total. The number of anilines is 2. The Kier molecular flexibility index (Phi) is 1.49. The van der Waals surface area contributed by atoms with Crippen LogP contribution in [-0.4, -0.2) is 28.8 Å². The molecule has 1 unspecified atom stereocenters.